The topological polar surface area (TPSA) is 103 Å². The van der Waals surface area contributed by atoms with Crippen LogP contribution in [0.1, 0.15) is 11.1 Å². The van der Waals surface area contributed by atoms with Crippen LogP contribution in [0.3, 0.4) is 0 Å². The Hall–Kier alpha value is -3.87. The summed E-state index contributed by atoms with van der Waals surface area (Å²) >= 11 is 0. The number of carbonyl (C=O) groups excluding carboxylic acids is 3. The van der Waals surface area contributed by atoms with Crippen molar-refractivity contribution >= 4 is 23.4 Å². The Morgan fingerprint density at radius 3 is 2.67 bits per heavy atom. The molecule has 3 N–H and O–H groups in total. The molecule has 0 unspecified atom stereocenters. The maximum Gasteiger partial charge on any atom is 0.310 e. The molecule has 2 aliphatic heterocycles. The number of hydrogen-bond acceptors (Lipinski definition) is 6. The number of hydrogen-bond donors (Lipinski definition) is 3. The third-order valence-electron chi connectivity index (χ3n) is 6.15. The molecule has 0 aromatic heterocycles. The molecule has 0 bridgehead atoms. The lowest BCUT2D eigenvalue weighted by atomic mass is 10.1. The summed E-state index contributed by atoms with van der Waals surface area (Å²) < 4.78 is 5.80. The number of fused-ring (bicyclic) bond motifs is 1. The lowest BCUT2D eigenvalue weighted by Crippen LogP contribution is -2.53. The first kappa shape index (κ1) is 25.2. The molecule has 9 nitrogen and oxygen atoms in total. The van der Waals surface area contributed by atoms with Crippen molar-refractivity contribution in [2.24, 2.45) is 0 Å². The van der Waals surface area contributed by atoms with Gasteiger partial charge in [0.15, 0.2) is 0 Å². The van der Waals surface area contributed by atoms with Gasteiger partial charge in [-0.25, -0.2) is 0 Å². The van der Waals surface area contributed by atoms with Gasteiger partial charge in [0.2, 0.25) is 0 Å². The van der Waals surface area contributed by atoms with E-state index >= 15 is 0 Å². The van der Waals surface area contributed by atoms with Gasteiger partial charge in [0, 0.05) is 45.3 Å². The van der Waals surface area contributed by atoms with E-state index < -0.39 is 17.9 Å². The summed E-state index contributed by atoms with van der Waals surface area (Å²) in [4.78, 5) is 41.4. The van der Waals surface area contributed by atoms with E-state index in [4.69, 9.17) is 4.74 Å². The van der Waals surface area contributed by atoms with Gasteiger partial charge in [-0.2, -0.15) is 0 Å². The molecule has 1 fully saturated rings. The molecule has 36 heavy (non-hydrogen) atoms. The molecule has 188 valence electrons. The first-order chi connectivity index (χ1) is 17.5. The van der Waals surface area contributed by atoms with Crippen LogP contribution in [0.4, 0.5) is 5.69 Å². The highest BCUT2D eigenvalue weighted by Gasteiger charge is 2.32. The number of ether oxygens (including phenoxy) is 1. The fourth-order valence-electron chi connectivity index (χ4n) is 4.07. The SMILES string of the molecule is CN1C(=O)[C@@H](NC(=O)C(=O)NCCc2ccccc2)COc2ccc(C#CCN3CCNCC3)cc21. The van der Waals surface area contributed by atoms with Gasteiger partial charge in [-0.15, -0.1) is 0 Å². The van der Waals surface area contributed by atoms with E-state index in [1.54, 1.807) is 19.2 Å². The van der Waals surface area contributed by atoms with Crippen molar-refractivity contribution in [3.8, 4) is 17.6 Å². The highest BCUT2D eigenvalue weighted by molar-refractivity contribution is 6.35. The van der Waals surface area contributed by atoms with Crippen molar-refractivity contribution in [2.45, 2.75) is 12.5 Å². The van der Waals surface area contributed by atoms with E-state index in [0.717, 1.165) is 37.3 Å². The summed E-state index contributed by atoms with van der Waals surface area (Å²) in [5.41, 5.74) is 2.39. The van der Waals surface area contributed by atoms with Crippen LogP contribution in [0.5, 0.6) is 5.75 Å². The van der Waals surface area contributed by atoms with E-state index in [-0.39, 0.29) is 12.5 Å². The van der Waals surface area contributed by atoms with Gasteiger partial charge in [-0.05, 0) is 30.2 Å². The van der Waals surface area contributed by atoms with Gasteiger partial charge in [0.05, 0.1) is 12.2 Å². The van der Waals surface area contributed by atoms with Crippen molar-refractivity contribution in [3.63, 3.8) is 0 Å². The smallest absolute Gasteiger partial charge is 0.310 e. The zero-order valence-corrected chi connectivity index (χ0v) is 20.4. The molecule has 0 radical (unpaired) electrons. The Labute approximate surface area is 211 Å². The summed E-state index contributed by atoms with van der Waals surface area (Å²) in [5, 5.41) is 8.41. The maximum absolute atomic E-state index is 13.0. The van der Waals surface area contributed by atoms with Crippen molar-refractivity contribution in [1.82, 2.24) is 20.9 Å². The van der Waals surface area contributed by atoms with Crippen molar-refractivity contribution in [1.29, 1.82) is 0 Å². The molecule has 1 saturated heterocycles. The molecule has 2 heterocycles. The number of nitrogens with one attached hydrogen (secondary N) is 3. The van der Waals surface area contributed by atoms with Crippen molar-refractivity contribution in [3.05, 3.63) is 59.7 Å². The largest absolute Gasteiger partial charge is 0.489 e. The van der Waals surface area contributed by atoms with E-state index in [1.165, 1.54) is 4.90 Å². The number of carbonyl (C=O) groups is 3. The minimum absolute atomic E-state index is 0.0762. The highest BCUT2D eigenvalue weighted by Crippen LogP contribution is 2.31. The summed E-state index contributed by atoms with van der Waals surface area (Å²) in [7, 11) is 1.62. The Bertz CT molecular complexity index is 1150. The number of anilines is 1. The summed E-state index contributed by atoms with van der Waals surface area (Å²) in [6, 6.07) is 14.1. The first-order valence-electron chi connectivity index (χ1n) is 12.1. The number of benzene rings is 2. The second kappa shape index (κ2) is 12.2. The monoisotopic (exact) mass is 489 g/mol. The van der Waals surface area contributed by atoms with E-state index in [2.05, 4.69) is 32.7 Å². The second-order valence-corrected chi connectivity index (χ2v) is 8.74. The predicted octanol–water partition coefficient (Wildman–Crippen LogP) is 0.142. The molecular weight excluding hydrogens is 458 g/mol. The molecule has 2 aromatic rings. The first-order valence-corrected chi connectivity index (χ1v) is 12.1. The number of amides is 3. The molecule has 0 spiro atoms. The van der Waals surface area contributed by atoms with Gasteiger partial charge >= 0.3 is 11.8 Å². The third-order valence-corrected chi connectivity index (χ3v) is 6.15. The molecule has 1 atom stereocenters. The minimum atomic E-state index is -0.989. The Kier molecular flexibility index (Phi) is 8.55. The molecule has 0 aliphatic carbocycles. The molecule has 9 heteroatoms. The third kappa shape index (κ3) is 6.62. The zero-order chi connectivity index (χ0) is 25.3. The van der Waals surface area contributed by atoms with Crippen LogP contribution in [0.25, 0.3) is 0 Å². The number of nitrogens with zero attached hydrogens (tertiary/aromatic N) is 2. The quantitative estimate of drug-likeness (QED) is 0.408. The van der Waals surface area contributed by atoms with E-state index in [0.29, 0.717) is 30.9 Å². The number of likely N-dealkylation sites (N-methyl/N-ethyl adjacent to an activating group) is 1. The molecule has 0 saturated carbocycles. The van der Waals surface area contributed by atoms with Crippen LogP contribution >= 0.6 is 0 Å². The number of rotatable bonds is 5. The Morgan fingerprint density at radius 1 is 1.11 bits per heavy atom. The van der Waals surface area contributed by atoms with Crippen molar-refractivity contribution in [2.75, 3.05) is 57.8 Å². The van der Waals surface area contributed by atoms with E-state index in [1.807, 2.05) is 36.4 Å². The highest BCUT2D eigenvalue weighted by atomic mass is 16.5. The molecular formula is C27H31N5O4. The standard InChI is InChI=1S/C27H31N5O4/c1-31-23-18-21(8-5-15-32-16-13-28-14-17-32)9-10-24(23)36-19-22(27(31)35)30-26(34)25(33)29-12-11-20-6-3-2-4-7-20/h2-4,6-7,9-10,18,22,28H,11-17,19H2,1H3,(H,29,33)(H,30,34)/t22-/m0/s1. The van der Waals surface area contributed by atoms with Gasteiger partial charge in [0.1, 0.15) is 18.4 Å². The van der Waals surface area contributed by atoms with Crippen LogP contribution in [0, 0.1) is 11.8 Å². The Balaban J connectivity index is 1.32. The number of piperazine rings is 1. The average Bonchev–Trinajstić information content (AvgIpc) is 3.02. The molecule has 2 aliphatic rings. The summed E-state index contributed by atoms with van der Waals surface area (Å²) in [6.45, 7) is 4.81. The van der Waals surface area contributed by atoms with E-state index in [9.17, 15) is 14.4 Å². The second-order valence-electron chi connectivity index (χ2n) is 8.74. The van der Waals surface area contributed by atoms with Gasteiger partial charge in [-0.3, -0.25) is 19.3 Å². The van der Waals surface area contributed by atoms with Gasteiger partial charge in [0.25, 0.3) is 5.91 Å². The zero-order valence-electron chi connectivity index (χ0n) is 20.4. The fourth-order valence-corrected chi connectivity index (χ4v) is 4.07. The molecule has 3 amide bonds. The lowest BCUT2D eigenvalue weighted by molar-refractivity contribution is -0.140. The lowest BCUT2D eigenvalue weighted by Gasteiger charge is -2.24. The predicted molar refractivity (Wildman–Crippen MR) is 137 cm³/mol. The minimum Gasteiger partial charge on any atom is -0.489 e. The molecule has 2 aromatic carbocycles. The molecule has 4 rings (SSSR count). The van der Waals surface area contributed by atoms with Crippen LogP contribution in [0.15, 0.2) is 48.5 Å². The van der Waals surface area contributed by atoms with Gasteiger partial charge < -0.3 is 25.6 Å². The summed E-state index contributed by atoms with van der Waals surface area (Å²) in [6.07, 6.45) is 0.601. The fraction of sp³-hybridized carbons (Fsp3) is 0.370. The average molecular weight is 490 g/mol. The summed E-state index contributed by atoms with van der Waals surface area (Å²) in [5.74, 6) is 4.84. The van der Waals surface area contributed by atoms with Gasteiger partial charge in [-0.1, -0.05) is 42.2 Å². The van der Waals surface area contributed by atoms with Crippen molar-refractivity contribution < 1.29 is 19.1 Å². The normalized spacial score (nSPS) is 17.6. The van der Waals surface area contributed by atoms with Crippen LogP contribution < -0.4 is 25.6 Å². The van der Waals surface area contributed by atoms with Crippen LogP contribution in [0.2, 0.25) is 0 Å². The Morgan fingerprint density at radius 2 is 1.89 bits per heavy atom. The maximum atomic E-state index is 13.0. The van der Waals surface area contributed by atoms with Crippen LogP contribution in [-0.4, -0.2) is 81.6 Å². The van der Waals surface area contributed by atoms with Crippen LogP contribution in [-0.2, 0) is 20.8 Å².